The fourth-order valence-electron chi connectivity index (χ4n) is 3.24. The van der Waals surface area contributed by atoms with Crippen molar-refractivity contribution in [3.8, 4) is 5.69 Å². The quantitative estimate of drug-likeness (QED) is 0.627. The molecule has 8 heteroatoms. The molecule has 8 nitrogen and oxygen atoms in total. The van der Waals surface area contributed by atoms with E-state index in [1.807, 2.05) is 24.5 Å². The number of hydrogen-bond acceptors (Lipinski definition) is 5. The van der Waals surface area contributed by atoms with Crippen LogP contribution < -0.4 is 10.4 Å². The number of nitrogens with zero attached hydrogens (tertiary/aromatic N) is 2. The topological polar surface area (TPSA) is 112 Å². The molecule has 0 radical (unpaired) electrons. The molecule has 1 aliphatic heterocycles. The monoisotopic (exact) mass is 380 g/mol. The van der Waals surface area contributed by atoms with Crippen LogP contribution in [-0.4, -0.2) is 40.3 Å². The van der Waals surface area contributed by atoms with Crippen LogP contribution in [0.2, 0.25) is 0 Å². The van der Waals surface area contributed by atoms with E-state index in [9.17, 15) is 24.3 Å². The lowest BCUT2D eigenvalue weighted by molar-refractivity contribution is -0.255. The van der Waals surface area contributed by atoms with Gasteiger partial charge in [-0.05, 0) is 61.7 Å². The first-order valence-corrected chi connectivity index (χ1v) is 8.48. The van der Waals surface area contributed by atoms with Gasteiger partial charge >= 0.3 is 6.03 Å². The van der Waals surface area contributed by atoms with Crippen molar-refractivity contribution in [2.24, 2.45) is 0 Å². The molecular formula is C20H18N3O5-. The normalized spacial score (nSPS) is 15.9. The number of carbonyl (C=O) groups excluding carboxylic acids is 4. The summed E-state index contributed by atoms with van der Waals surface area (Å²) in [5.74, 6) is -2.66. The lowest BCUT2D eigenvalue weighted by atomic mass is 10.1. The summed E-state index contributed by atoms with van der Waals surface area (Å²) in [6.07, 6.45) is 1.45. The van der Waals surface area contributed by atoms with E-state index in [-0.39, 0.29) is 11.1 Å². The average Bonchev–Trinajstić information content (AvgIpc) is 2.90. The third-order valence-electron chi connectivity index (χ3n) is 4.75. The van der Waals surface area contributed by atoms with Crippen molar-refractivity contribution in [3.63, 3.8) is 0 Å². The molecular weight excluding hydrogens is 362 g/mol. The Kier molecular flexibility index (Phi) is 4.64. The summed E-state index contributed by atoms with van der Waals surface area (Å²) in [7, 11) is 1.30. The van der Waals surface area contributed by atoms with Crippen molar-refractivity contribution in [1.29, 1.82) is 0 Å². The van der Waals surface area contributed by atoms with Crippen LogP contribution in [0.3, 0.4) is 0 Å². The summed E-state index contributed by atoms with van der Waals surface area (Å²) in [6, 6.07) is 5.72. The van der Waals surface area contributed by atoms with E-state index in [0.717, 1.165) is 27.5 Å². The molecule has 1 aromatic heterocycles. The minimum absolute atomic E-state index is 0.0863. The van der Waals surface area contributed by atoms with Gasteiger partial charge in [-0.15, -0.1) is 0 Å². The van der Waals surface area contributed by atoms with Crippen LogP contribution in [0.5, 0.6) is 0 Å². The van der Waals surface area contributed by atoms with Gasteiger partial charge in [0.15, 0.2) is 0 Å². The number of barbiturate groups is 1. The predicted octanol–water partition coefficient (Wildman–Crippen LogP) is 0.858. The van der Waals surface area contributed by atoms with Crippen LogP contribution in [0, 0.1) is 20.8 Å². The Hall–Kier alpha value is -3.68. The number of amides is 4. The van der Waals surface area contributed by atoms with Gasteiger partial charge in [0.2, 0.25) is 0 Å². The fraction of sp³-hybridized carbons (Fsp3) is 0.200. The summed E-state index contributed by atoms with van der Waals surface area (Å²) < 4.78 is 1.90. The summed E-state index contributed by atoms with van der Waals surface area (Å²) in [5, 5.41) is 13.2. The van der Waals surface area contributed by atoms with Crippen LogP contribution in [0.15, 0.2) is 29.8 Å². The number of benzene rings is 1. The minimum Gasteiger partial charge on any atom is -0.545 e. The van der Waals surface area contributed by atoms with E-state index in [1.165, 1.54) is 25.3 Å². The Morgan fingerprint density at radius 1 is 1.11 bits per heavy atom. The van der Waals surface area contributed by atoms with E-state index < -0.39 is 23.8 Å². The highest BCUT2D eigenvalue weighted by Gasteiger charge is 2.33. The zero-order valence-electron chi connectivity index (χ0n) is 15.8. The molecule has 28 heavy (non-hydrogen) atoms. The van der Waals surface area contributed by atoms with Gasteiger partial charge in [-0.1, -0.05) is 6.07 Å². The van der Waals surface area contributed by atoms with Crippen LogP contribution in [0.25, 0.3) is 11.8 Å². The molecule has 0 spiro atoms. The first-order valence-electron chi connectivity index (χ1n) is 8.48. The zero-order chi connectivity index (χ0) is 20.7. The fourth-order valence-corrected chi connectivity index (χ4v) is 3.24. The third kappa shape index (κ3) is 3.09. The Morgan fingerprint density at radius 3 is 2.39 bits per heavy atom. The van der Waals surface area contributed by atoms with Gasteiger partial charge in [-0.2, -0.15) is 0 Å². The zero-order valence-corrected chi connectivity index (χ0v) is 15.8. The van der Waals surface area contributed by atoms with Crippen molar-refractivity contribution in [1.82, 2.24) is 14.8 Å². The summed E-state index contributed by atoms with van der Waals surface area (Å²) in [6.45, 7) is 5.47. The van der Waals surface area contributed by atoms with Crippen LogP contribution >= 0.6 is 0 Å². The minimum atomic E-state index is -1.25. The molecule has 0 saturated carbocycles. The lowest BCUT2D eigenvalue weighted by Crippen LogP contribution is -2.52. The number of carbonyl (C=O) groups is 4. The molecule has 1 aliphatic rings. The standard InChI is InChI=1S/C20H19N3O5/c1-10-7-13(19(26)27)5-6-16(10)23-11(2)8-14(12(23)3)9-15-17(24)21-20(28)22(4)18(15)25/h5-9H,1-4H3,(H,26,27)(H,21,24,28)/p-1/b15-9+. The number of likely N-dealkylation sites (N-methyl/N-ethyl adjacent to an activating group) is 1. The number of carboxylic acid groups (broad SMARTS) is 1. The molecule has 144 valence electrons. The first-order chi connectivity index (χ1) is 13.1. The summed E-state index contributed by atoms with van der Waals surface area (Å²) in [4.78, 5) is 47.8. The van der Waals surface area contributed by atoms with E-state index in [1.54, 1.807) is 13.0 Å². The maximum Gasteiger partial charge on any atom is 0.331 e. The van der Waals surface area contributed by atoms with Crippen LogP contribution in [-0.2, 0) is 9.59 Å². The molecule has 0 atom stereocenters. The number of aromatic carboxylic acids is 1. The number of rotatable bonds is 3. The molecule has 0 aliphatic carbocycles. The molecule has 4 amide bonds. The maximum atomic E-state index is 12.3. The van der Waals surface area contributed by atoms with Gasteiger partial charge in [0, 0.05) is 24.1 Å². The molecule has 1 fully saturated rings. The predicted molar refractivity (Wildman–Crippen MR) is 98.6 cm³/mol. The molecule has 0 bridgehead atoms. The molecule has 1 saturated heterocycles. The Balaban J connectivity index is 2.08. The molecule has 0 unspecified atom stereocenters. The highest BCUT2D eigenvalue weighted by atomic mass is 16.4. The van der Waals surface area contributed by atoms with E-state index >= 15 is 0 Å². The van der Waals surface area contributed by atoms with Crippen molar-refractivity contribution in [3.05, 3.63) is 57.9 Å². The molecule has 2 heterocycles. The molecule has 1 N–H and O–H groups in total. The van der Waals surface area contributed by atoms with Gasteiger partial charge in [-0.3, -0.25) is 19.8 Å². The van der Waals surface area contributed by atoms with Crippen LogP contribution in [0.4, 0.5) is 4.79 Å². The Bertz CT molecular complexity index is 1080. The van der Waals surface area contributed by atoms with E-state index in [0.29, 0.717) is 5.56 Å². The van der Waals surface area contributed by atoms with Gasteiger partial charge < -0.3 is 14.5 Å². The Morgan fingerprint density at radius 2 is 1.79 bits per heavy atom. The molecule has 1 aromatic carbocycles. The molecule has 2 aromatic rings. The smallest absolute Gasteiger partial charge is 0.331 e. The van der Waals surface area contributed by atoms with Gasteiger partial charge in [0.1, 0.15) is 5.57 Å². The van der Waals surface area contributed by atoms with Crippen molar-refractivity contribution < 1.29 is 24.3 Å². The average molecular weight is 380 g/mol. The SMILES string of the molecule is Cc1cc(C(=O)[O-])ccc1-n1c(C)cc(/C=C2\C(=O)NC(=O)N(C)C2=O)c1C. The highest BCUT2D eigenvalue weighted by molar-refractivity contribution is 6.30. The van der Waals surface area contributed by atoms with E-state index in [4.69, 9.17) is 0 Å². The largest absolute Gasteiger partial charge is 0.545 e. The van der Waals surface area contributed by atoms with Crippen molar-refractivity contribution in [2.75, 3.05) is 7.05 Å². The first kappa shape index (κ1) is 19.1. The number of urea groups is 1. The van der Waals surface area contributed by atoms with Crippen molar-refractivity contribution >= 4 is 29.9 Å². The van der Waals surface area contributed by atoms with Crippen LogP contribution in [0.1, 0.15) is 32.9 Å². The lowest BCUT2D eigenvalue weighted by Gasteiger charge is -2.22. The molecule has 3 rings (SSSR count). The second-order valence-electron chi connectivity index (χ2n) is 6.63. The van der Waals surface area contributed by atoms with Crippen molar-refractivity contribution in [2.45, 2.75) is 20.8 Å². The van der Waals surface area contributed by atoms with Gasteiger partial charge in [0.25, 0.3) is 11.8 Å². The number of aryl methyl sites for hydroxylation is 2. The van der Waals surface area contributed by atoms with E-state index in [2.05, 4.69) is 5.32 Å². The number of imide groups is 2. The summed E-state index contributed by atoms with van der Waals surface area (Å²) >= 11 is 0. The third-order valence-corrected chi connectivity index (χ3v) is 4.75. The second-order valence-corrected chi connectivity index (χ2v) is 6.63. The van der Waals surface area contributed by atoms with Gasteiger partial charge in [0.05, 0.1) is 5.97 Å². The maximum absolute atomic E-state index is 12.3. The summed E-state index contributed by atoms with van der Waals surface area (Å²) in [5.41, 5.74) is 3.70. The number of nitrogens with one attached hydrogen (secondary N) is 1. The number of carboxylic acids is 1. The van der Waals surface area contributed by atoms with Gasteiger partial charge in [-0.25, -0.2) is 4.79 Å². The number of hydrogen-bond donors (Lipinski definition) is 1. The highest BCUT2D eigenvalue weighted by Crippen LogP contribution is 2.26. The second kappa shape index (κ2) is 6.80. The number of aromatic nitrogens is 1. The Labute approximate surface area is 161 Å².